The van der Waals surface area contributed by atoms with Crippen LogP contribution in [0, 0.1) is 5.82 Å². The van der Waals surface area contributed by atoms with Gasteiger partial charge in [0, 0.05) is 19.3 Å². The van der Waals surface area contributed by atoms with Crippen LogP contribution in [0.15, 0.2) is 54.7 Å². The van der Waals surface area contributed by atoms with Gasteiger partial charge in [0.1, 0.15) is 11.4 Å². The standard InChI is InChI=1S/C30H33F3N4O5S/c1-29(2,3)42-28(39)40-23-14-34-22(25(23)41-27(38)36-13-19-5-4-6-21(31)11-19)12-18-7-9-20(10-8-18)24-15-35-26(43-24)37-16-30(32,33)17-37/h4-11,15,22-23,25,34H,12-14,16-17H2,1-3H3,(H,36,38)/t22-,23+,25+/m1/s1. The fraction of sp³-hybridized carbons (Fsp3) is 0.433. The van der Waals surface area contributed by atoms with Crippen LogP contribution < -0.4 is 15.5 Å². The lowest BCUT2D eigenvalue weighted by Gasteiger charge is -2.38. The number of rotatable bonds is 8. The second-order valence-electron chi connectivity index (χ2n) is 11.6. The van der Waals surface area contributed by atoms with E-state index in [1.165, 1.54) is 23.5 Å². The zero-order valence-corrected chi connectivity index (χ0v) is 24.8. The van der Waals surface area contributed by atoms with Crippen molar-refractivity contribution in [2.24, 2.45) is 0 Å². The monoisotopic (exact) mass is 618 g/mol. The highest BCUT2D eigenvalue weighted by molar-refractivity contribution is 7.18. The molecule has 0 spiro atoms. The summed E-state index contributed by atoms with van der Waals surface area (Å²) in [5, 5.41) is 6.46. The van der Waals surface area contributed by atoms with Crippen LogP contribution >= 0.6 is 11.3 Å². The Labute approximate surface area is 251 Å². The van der Waals surface area contributed by atoms with E-state index in [0.29, 0.717) is 17.1 Å². The molecule has 0 radical (unpaired) electrons. The minimum atomic E-state index is -2.66. The van der Waals surface area contributed by atoms with Gasteiger partial charge in [0.2, 0.25) is 0 Å². The second-order valence-corrected chi connectivity index (χ2v) is 12.6. The molecule has 3 aromatic rings. The maximum Gasteiger partial charge on any atom is 0.509 e. The van der Waals surface area contributed by atoms with Crippen LogP contribution in [0.4, 0.5) is 27.9 Å². The average Bonchev–Trinajstić information content (AvgIpc) is 3.53. The van der Waals surface area contributed by atoms with Gasteiger partial charge in [-0.25, -0.2) is 27.7 Å². The largest absolute Gasteiger partial charge is 0.509 e. The summed E-state index contributed by atoms with van der Waals surface area (Å²) >= 11 is 1.35. The summed E-state index contributed by atoms with van der Waals surface area (Å²) < 4.78 is 56.6. The van der Waals surface area contributed by atoms with E-state index in [-0.39, 0.29) is 32.2 Å². The fourth-order valence-corrected chi connectivity index (χ4v) is 5.77. The predicted octanol–water partition coefficient (Wildman–Crippen LogP) is 5.53. The number of hydrogen-bond acceptors (Lipinski definition) is 9. The lowest BCUT2D eigenvalue weighted by atomic mass is 10.0. The number of anilines is 1. The van der Waals surface area contributed by atoms with Gasteiger partial charge in [-0.2, -0.15) is 0 Å². The first kappa shape index (κ1) is 30.6. The molecule has 3 atom stereocenters. The fourth-order valence-electron chi connectivity index (χ4n) is 4.85. The normalized spacial score (nSPS) is 21.2. The number of carbonyl (C=O) groups is 2. The maximum absolute atomic E-state index is 13.5. The molecule has 2 fully saturated rings. The molecule has 2 aliphatic heterocycles. The van der Waals surface area contributed by atoms with E-state index >= 15 is 0 Å². The Morgan fingerprint density at radius 3 is 2.53 bits per heavy atom. The van der Waals surface area contributed by atoms with Crippen molar-refractivity contribution in [1.29, 1.82) is 0 Å². The van der Waals surface area contributed by atoms with Crippen LogP contribution in [0.5, 0.6) is 0 Å². The number of alkyl halides is 2. The minimum absolute atomic E-state index is 0.0555. The molecule has 43 heavy (non-hydrogen) atoms. The number of aromatic nitrogens is 1. The Bertz CT molecular complexity index is 1440. The summed E-state index contributed by atoms with van der Waals surface area (Å²) in [5.74, 6) is -3.08. The molecule has 2 aromatic carbocycles. The van der Waals surface area contributed by atoms with Crippen LogP contribution in [0.1, 0.15) is 31.9 Å². The number of carbonyl (C=O) groups excluding carboxylic acids is 2. The molecule has 2 aliphatic rings. The van der Waals surface area contributed by atoms with Crippen LogP contribution in [0.3, 0.4) is 0 Å². The molecule has 1 amide bonds. The highest BCUT2D eigenvalue weighted by atomic mass is 32.1. The third-order valence-electron chi connectivity index (χ3n) is 6.85. The summed E-state index contributed by atoms with van der Waals surface area (Å²) in [6.07, 6.45) is -1.12. The van der Waals surface area contributed by atoms with Crippen molar-refractivity contribution in [1.82, 2.24) is 15.6 Å². The number of thiazole rings is 1. The van der Waals surface area contributed by atoms with Crippen molar-refractivity contribution in [3.8, 4) is 10.4 Å². The van der Waals surface area contributed by atoms with E-state index in [4.69, 9.17) is 14.2 Å². The molecule has 0 saturated carbocycles. The summed E-state index contributed by atoms with van der Waals surface area (Å²) in [5.41, 5.74) is 1.63. The van der Waals surface area contributed by atoms with E-state index in [9.17, 15) is 22.8 Å². The van der Waals surface area contributed by atoms with E-state index in [1.807, 2.05) is 24.3 Å². The van der Waals surface area contributed by atoms with Crippen molar-refractivity contribution in [2.45, 2.75) is 63.5 Å². The van der Waals surface area contributed by atoms with E-state index < -0.39 is 41.8 Å². The summed E-state index contributed by atoms with van der Waals surface area (Å²) in [4.78, 5) is 31.9. The van der Waals surface area contributed by atoms with Crippen molar-refractivity contribution in [3.05, 3.63) is 71.7 Å². The highest BCUT2D eigenvalue weighted by Crippen LogP contribution is 2.37. The van der Waals surface area contributed by atoms with E-state index in [1.54, 1.807) is 44.0 Å². The number of amides is 1. The van der Waals surface area contributed by atoms with Gasteiger partial charge in [0.25, 0.3) is 5.92 Å². The topological polar surface area (TPSA) is 102 Å². The first-order valence-corrected chi connectivity index (χ1v) is 14.7. The first-order valence-electron chi connectivity index (χ1n) is 13.8. The molecule has 1 aromatic heterocycles. The zero-order chi connectivity index (χ0) is 30.8. The van der Waals surface area contributed by atoms with E-state index in [2.05, 4.69) is 15.6 Å². The van der Waals surface area contributed by atoms with Gasteiger partial charge in [-0.05, 0) is 56.0 Å². The number of nitrogens with one attached hydrogen (secondary N) is 2. The van der Waals surface area contributed by atoms with Crippen molar-refractivity contribution < 1.29 is 37.0 Å². The van der Waals surface area contributed by atoms with Crippen LogP contribution in [-0.4, -0.2) is 66.6 Å². The third kappa shape index (κ3) is 8.17. The first-order chi connectivity index (χ1) is 20.3. The van der Waals surface area contributed by atoms with Crippen molar-refractivity contribution in [2.75, 3.05) is 24.5 Å². The molecule has 0 unspecified atom stereocenters. The van der Waals surface area contributed by atoms with Gasteiger partial charge in [0.15, 0.2) is 17.3 Å². The number of alkyl carbamates (subject to hydrolysis) is 1. The number of halogens is 3. The van der Waals surface area contributed by atoms with Crippen molar-refractivity contribution >= 4 is 28.7 Å². The molecule has 2 N–H and O–H groups in total. The third-order valence-corrected chi connectivity index (χ3v) is 7.96. The minimum Gasteiger partial charge on any atom is -0.441 e. The number of benzene rings is 2. The van der Waals surface area contributed by atoms with Crippen LogP contribution in [-0.2, 0) is 27.2 Å². The van der Waals surface area contributed by atoms with Crippen LogP contribution in [0.25, 0.3) is 10.4 Å². The van der Waals surface area contributed by atoms with Gasteiger partial charge < -0.3 is 29.7 Å². The Morgan fingerprint density at radius 1 is 1.12 bits per heavy atom. The summed E-state index contributed by atoms with van der Waals surface area (Å²) in [7, 11) is 0. The lowest BCUT2D eigenvalue weighted by Crippen LogP contribution is -2.56. The predicted molar refractivity (Wildman–Crippen MR) is 155 cm³/mol. The SMILES string of the molecule is CC(C)(C)OC(=O)O[C@H]1CN[C@H](Cc2ccc(-c3cnc(N4CC(F)(F)C4)s3)cc2)[C@@H]1OC(=O)NCc1cccc(F)c1. The molecule has 0 bridgehead atoms. The molecule has 2 saturated heterocycles. The Morgan fingerprint density at radius 2 is 1.86 bits per heavy atom. The molecule has 5 rings (SSSR count). The zero-order valence-electron chi connectivity index (χ0n) is 23.9. The van der Waals surface area contributed by atoms with E-state index in [0.717, 1.165) is 16.0 Å². The Hall–Kier alpha value is -3.84. The van der Waals surface area contributed by atoms with Crippen LogP contribution in [0.2, 0.25) is 0 Å². The quantitative estimate of drug-likeness (QED) is 0.318. The molecule has 0 aliphatic carbocycles. The smallest absolute Gasteiger partial charge is 0.441 e. The molecular weight excluding hydrogens is 585 g/mol. The van der Waals surface area contributed by atoms with Gasteiger partial charge in [0.05, 0.1) is 24.0 Å². The number of ether oxygens (including phenoxy) is 3. The second kappa shape index (κ2) is 12.4. The average molecular weight is 619 g/mol. The highest BCUT2D eigenvalue weighted by Gasteiger charge is 2.45. The summed E-state index contributed by atoms with van der Waals surface area (Å²) in [6.45, 7) is 4.81. The van der Waals surface area contributed by atoms with Gasteiger partial charge in [-0.15, -0.1) is 0 Å². The molecule has 3 heterocycles. The van der Waals surface area contributed by atoms with Crippen molar-refractivity contribution in [3.63, 3.8) is 0 Å². The van der Waals surface area contributed by atoms with Gasteiger partial charge in [-0.3, -0.25) is 0 Å². The number of hydrogen-bond donors (Lipinski definition) is 2. The molecular formula is C30H33F3N4O5S. The Balaban J connectivity index is 1.23. The number of nitrogens with zero attached hydrogens (tertiary/aromatic N) is 2. The molecule has 13 heteroatoms. The van der Waals surface area contributed by atoms with Gasteiger partial charge >= 0.3 is 12.2 Å². The summed E-state index contributed by atoms with van der Waals surface area (Å²) in [6, 6.07) is 13.2. The molecule has 9 nitrogen and oxygen atoms in total. The Kier molecular flexibility index (Phi) is 8.84. The lowest BCUT2D eigenvalue weighted by molar-refractivity contribution is -0.0518. The molecule has 230 valence electrons. The van der Waals surface area contributed by atoms with Gasteiger partial charge in [-0.1, -0.05) is 47.7 Å². The maximum atomic E-state index is 13.5.